The van der Waals surface area contributed by atoms with E-state index in [0.717, 1.165) is 0 Å². The summed E-state index contributed by atoms with van der Waals surface area (Å²) in [5, 5.41) is 8.42. The monoisotopic (exact) mass is 1230 g/mol. The van der Waals surface area contributed by atoms with Gasteiger partial charge in [-0.15, -0.1) is 0 Å². The summed E-state index contributed by atoms with van der Waals surface area (Å²) in [6, 6.07) is 13.9. The Bertz CT molecular complexity index is 3280. The number of rotatable bonds is 39. The maximum Gasteiger partial charge on any atom is 0.255 e. The van der Waals surface area contributed by atoms with Gasteiger partial charge in [0.25, 0.3) is 23.6 Å². The minimum Gasteiger partial charge on any atom is -0.496 e. The molecule has 0 radical (unpaired) electrons. The predicted molar refractivity (Wildman–Crippen MR) is 337 cm³/mol. The van der Waals surface area contributed by atoms with E-state index in [1.807, 2.05) is 0 Å². The fraction of sp³-hybridized carbons (Fsp3) is 0.400. The zero-order chi connectivity index (χ0) is 65.7. The number of guanidine groups is 4. The molecule has 4 aromatic rings. The van der Waals surface area contributed by atoms with Crippen molar-refractivity contribution < 1.29 is 57.3 Å². The van der Waals surface area contributed by atoms with Gasteiger partial charge in [-0.05, 0) is 122 Å². The summed E-state index contributed by atoms with van der Waals surface area (Å²) in [4.78, 5) is 127. The minimum atomic E-state index is -1.18. The van der Waals surface area contributed by atoms with Crippen LogP contribution in [-0.2, 0) is 44.9 Å². The topological polar surface area (TPSA) is 519 Å². The Morgan fingerprint density at radius 3 is 0.876 bits per heavy atom. The Morgan fingerprint density at radius 2 is 0.618 bits per heavy atom. The standard InChI is InChI=1S/C60H83N17O12/c1-86-49-17-13-33(25-37(49)53(62)82)30-46(79)42(10-6-22-72-58(65)66)75-55(84)39-27-35(15-19-51(39)88-3)32-48(81)44(12-8-24-74-60(69)70)77-56(85)40-28-36(16-20-52(40)89-4)31-47(80)43(11-7-23-73-59(67)68)76-54(83)38-26-34(14-18-50(38)87-2)29-45(78)41(61)9-5-21-71-57(63)64/h13-20,25-28,41-44H,5-12,21-24,29-32,61H2,1-4H3,(H2,62,82)(H,75,84)(H,76,83)(H,77,85)(H4,63,64,71)(H4,65,66,72)(H4,67,68,73)(H4,69,70,74)/t41-,42-,43+,44-/m1/s1. The van der Waals surface area contributed by atoms with Crippen molar-refractivity contribution in [2.45, 2.75) is 101 Å². The molecule has 23 N–H and O–H groups in total. The van der Waals surface area contributed by atoms with E-state index in [4.69, 9.17) is 76.3 Å². The zero-order valence-corrected chi connectivity index (χ0v) is 50.5. The number of hydrogen-bond acceptors (Lipinski definition) is 17. The highest BCUT2D eigenvalue weighted by atomic mass is 16.5. The van der Waals surface area contributed by atoms with Crippen LogP contribution in [0.25, 0.3) is 0 Å². The van der Waals surface area contributed by atoms with E-state index in [9.17, 15) is 38.4 Å². The van der Waals surface area contributed by atoms with Crippen molar-refractivity contribution in [3.63, 3.8) is 0 Å². The Morgan fingerprint density at radius 1 is 0.371 bits per heavy atom. The number of nitrogens with zero attached hydrogens (tertiary/aromatic N) is 4. The lowest BCUT2D eigenvalue weighted by atomic mass is 9.96. The van der Waals surface area contributed by atoms with Crippen LogP contribution in [0, 0.1) is 0 Å². The van der Waals surface area contributed by atoms with Crippen LogP contribution in [0.4, 0.5) is 0 Å². The van der Waals surface area contributed by atoms with Gasteiger partial charge in [-0.3, -0.25) is 58.3 Å². The van der Waals surface area contributed by atoms with Crippen molar-refractivity contribution in [3.05, 3.63) is 117 Å². The number of Topliss-reactive ketones (excluding diaryl/α,β-unsaturated/α-hetero) is 4. The number of carbonyl (C=O) groups is 8. The van der Waals surface area contributed by atoms with Gasteiger partial charge in [0.15, 0.2) is 47.0 Å². The first-order valence-electron chi connectivity index (χ1n) is 28.4. The number of carbonyl (C=O) groups excluding carboxylic acids is 8. The van der Waals surface area contributed by atoms with Crippen molar-refractivity contribution in [3.8, 4) is 23.0 Å². The Labute approximate surface area is 515 Å². The second kappa shape index (κ2) is 36.0. The van der Waals surface area contributed by atoms with Gasteiger partial charge >= 0.3 is 0 Å². The molecular formula is C60H83N17O12. The minimum absolute atomic E-state index is 0.0204. The van der Waals surface area contributed by atoms with Gasteiger partial charge in [-0.25, -0.2) is 0 Å². The van der Waals surface area contributed by atoms with Gasteiger partial charge in [-0.2, -0.15) is 0 Å². The molecule has 29 nitrogen and oxygen atoms in total. The molecule has 4 rings (SSSR count). The summed E-state index contributed by atoms with van der Waals surface area (Å²) < 4.78 is 21.9. The molecule has 0 unspecified atom stereocenters. The first kappa shape index (κ1) is 71.2. The second-order valence-electron chi connectivity index (χ2n) is 20.6. The molecule has 480 valence electrons. The van der Waals surface area contributed by atoms with E-state index >= 15 is 0 Å². The molecule has 0 aliphatic heterocycles. The van der Waals surface area contributed by atoms with Gasteiger partial charge in [0.1, 0.15) is 23.0 Å². The SMILES string of the molecule is COc1ccc(CC(=O)[C@@H](CCCN=C(N)N)NC(=O)c2cc(CC(=O)[C@@H](CCCN=C(N)N)NC(=O)c3cc(CC(=O)[C@H](CCCN=C(N)N)NC(=O)c4cc(CC(=O)[C@H](N)CCCN=C(N)N)ccc4OC)ccc3OC)ccc2OC)cc1C(N)=O. The fourth-order valence-corrected chi connectivity index (χ4v) is 9.33. The van der Waals surface area contributed by atoms with E-state index < -0.39 is 65.1 Å². The third-order valence-corrected chi connectivity index (χ3v) is 13.9. The van der Waals surface area contributed by atoms with Gasteiger partial charge in [0, 0.05) is 51.9 Å². The maximum atomic E-state index is 14.4. The molecule has 0 aromatic heterocycles. The molecule has 4 atom stereocenters. The highest BCUT2D eigenvalue weighted by Gasteiger charge is 2.29. The van der Waals surface area contributed by atoms with Crippen molar-refractivity contribution >= 4 is 70.6 Å². The van der Waals surface area contributed by atoms with Crippen LogP contribution in [-0.4, -0.2) is 149 Å². The number of ether oxygens (including phenoxy) is 4. The third-order valence-electron chi connectivity index (χ3n) is 13.9. The lowest BCUT2D eigenvalue weighted by Gasteiger charge is -2.21. The molecule has 0 aliphatic rings. The zero-order valence-electron chi connectivity index (χ0n) is 50.5. The summed E-state index contributed by atoms with van der Waals surface area (Å²) in [6.07, 6.45) is 0.878. The molecule has 89 heavy (non-hydrogen) atoms. The molecule has 0 spiro atoms. The number of amides is 4. The molecule has 4 amide bonds. The molecule has 0 saturated heterocycles. The molecular weight excluding hydrogens is 1150 g/mol. The molecule has 29 heteroatoms. The van der Waals surface area contributed by atoms with E-state index in [1.54, 1.807) is 24.3 Å². The molecule has 0 heterocycles. The first-order chi connectivity index (χ1) is 42.4. The first-order valence-corrected chi connectivity index (χ1v) is 28.4. The number of ketones is 4. The quantitative estimate of drug-likeness (QED) is 0.0148. The molecule has 4 aromatic carbocycles. The Balaban J connectivity index is 1.60. The normalized spacial score (nSPS) is 12.1. The summed E-state index contributed by atoms with van der Waals surface area (Å²) in [5.74, 6) is -4.56. The number of benzene rings is 4. The average molecular weight is 1230 g/mol. The largest absolute Gasteiger partial charge is 0.496 e. The number of nitrogens with one attached hydrogen (secondary N) is 3. The van der Waals surface area contributed by atoms with Crippen molar-refractivity contribution in [1.29, 1.82) is 0 Å². The van der Waals surface area contributed by atoms with Crippen LogP contribution in [0.3, 0.4) is 0 Å². The van der Waals surface area contributed by atoms with Gasteiger partial charge in [0.05, 0.1) is 74.9 Å². The van der Waals surface area contributed by atoms with Gasteiger partial charge in [-0.1, -0.05) is 24.3 Å². The third kappa shape index (κ3) is 23.5. The Kier molecular flexibility index (Phi) is 28.8. The lowest BCUT2D eigenvalue weighted by molar-refractivity contribution is -0.121. The number of nitrogens with two attached hydrogens (primary N) is 10. The van der Waals surface area contributed by atoms with Crippen LogP contribution in [0.2, 0.25) is 0 Å². The Hall–Kier alpha value is -10.3. The van der Waals surface area contributed by atoms with Gasteiger partial charge < -0.3 is 92.2 Å². The summed E-state index contributed by atoms with van der Waals surface area (Å²) in [6.45, 7) is 0.679. The van der Waals surface area contributed by atoms with Crippen LogP contribution in [0.15, 0.2) is 92.8 Å². The second-order valence-corrected chi connectivity index (χ2v) is 20.6. The van der Waals surface area contributed by atoms with E-state index in [-0.39, 0.29) is 159 Å². The van der Waals surface area contributed by atoms with Crippen LogP contribution in [0.5, 0.6) is 23.0 Å². The van der Waals surface area contributed by atoms with Crippen molar-refractivity contribution in [2.75, 3.05) is 54.6 Å². The van der Waals surface area contributed by atoms with E-state index in [0.29, 0.717) is 41.6 Å². The lowest BCUT2D eigenvalue weighted by Crippen LogP contribution is -2.42. The number of hydrogen-bond donors (Lipinski definition) is 13. The maximum absolute atomic E-state index is 14.4. The molecule has 0 saturated carbocycles. The molecule has 0 aliphatic carbocycles. The number of aliphatic imine (C=N–C) groups is 4. The predicted octanol–water partition coefficient (Wildman–Crippen LogP) is -0.796. The van der Waals surface area contributed by atoms with E-state index in [1.165, 1.54) is 77.0 Å². The van der Waals surface area contributed by atoms with Crippen LogP contribution < -0.4 is 92.2 Å². The average Bonchev–Trinajstić information content (AvgIpc) is 2.33. The summed E-state index contributed by atoms with van der Waals surface area (Å²) >= 11 is 0. The van der Waals surface area contributed by atoms with E-state index in [2.05, 4.69) is 35.9 Å². The van der Waals surface area contributed by atoms with Crippen molar-refractivity contribution in [2.24, 2.45) is 77.3 Å². The summed E-state index contributed by atoms with van der Waals surface area (Å²) in [7, 11) is 5.42. The molecule has 0 bridgehead atoms. The highest BCUT2D eigenvalue weighted by molar-refractivity contribution is 6.04. The number of primary amides is 1. The van der Waals surface area contributed by atoms with Crippen LogP contribution in [0.1, 0.15) is 115 Å². The molecule has 0 fully saturated rings. The fourth-order valence-electron chi connectivity index (χ4n) is 9.33. The smallest absolute Gasteiger partial charge is 0.255 e. The van der Waals surface area contributed by atoms with Gasteiger partial charge in [0.2, 0.25) is 0 Å². The number of methoxy groups -OCH3 is 4. The van der Waals surface area contributed by atoms with Crippen LogP contribution >= 0.6 is 0 Å². The summed E-state index contributed by atoms with van der Waals surface area (Å²) in [5.41, 5.74) is 57.5. The highest BCUT2D eigenvalue weighted by Crippen LogP contribution is 2.26. The van der Waals surface area contributed by atoms with Crippen molar-refractivity contribution in [1.82, 2.24) is 16.0 Å².